The molecule has 1 aliphatic heterocycles. The van der Waals surface area contributed by atoms with Crippen molar-refractivity contribution in [3.05, 3.63) is 0 Å². The smallest absolute Gasteiger partial charge is 0.108 e. The number of hydrogen-bond donors (Lipinski definition) is 2. The second-order valence-electron chi connectivity index (χ2n) is 6.15. The van der Waals surface area contributed by atoms with E-state index in [0.717, 1.165) is 25.7 Å². The molecule has 0 radical (unpaired) electrons. The van der Waals surface area contributed by atoms with E-state index in [2.05, 4.69) is 13.8 Å². The Kier molecular flexibility index (Phi) is 2.61. The van der Waals surface area contributed by atoms with Crippen LogP contribution in [0, 0.1) is 5.41 Å². The lowest BCUT2D eigenvalue weighted by molar-refractivity contribution is -0.0662. The zero-order chi connectivity index (χ0) is 11.2. The standard InChI is InChI=1S/C12H23NO2/c1-10(2)3-5-11(13,6-4-10)12(14)7-8-15-9-12/h14H,3-9,13H2,1-2H3. The molecule has 1 heterocycles. The van der Waals surface area contributed by atoms with Crippen LogP contribution in [0.5, 0.6) is 0 Å². The van der Waals surface area contributed by atoms with Crippen LogP contribution in [0.15, 0.2) is 0 Å². The highest BCUT2D eigenvalue weighted by Crippen LogP contribution is 2.45. The summed E-state index contributed by atoms with van der Waals surface area (Å²) >= 11 is 0. The molecule has 88 valence electrons. The Balaban J connectivity index is 2.08. The third-order valence-corrected chi connectivity index (χ3v) is 4.42. The van der Waals surface area contributed by atoms with Gasteiger partial charge in [-0.05, 0) is 31.1 Å². The normalized spacial score (nSPS) is 39.2. The van der Waals surface area contributed by atoms with E-state index in [9.17, 15) is 5.11 Å². The van der Waals surface area contributed by atoms with Gasteiger partial charge in [0.05, 0.1) is 6.61 Å². The molecule has 0 aromatic heterocycles. The quantitative estimate of drug-likeness (QED) is 0.693. The third-order valence-electron chi connectivity index (χ3n) is 4.42. The number of ether oxygens (including phenoxy) is 1. The summed E-state index contributed by atoms with van der Waals surface area (Å²) in [6, 6.07) is 0. The Hall–Kier alpha value is -0.120. The molecular weight excluding hydrogens is 190 g/mol. The molecule has 0 aromatic rings. The average Bonchev–Trinajstić information content (AvgIpc) is 2.60. The summed E-state index contributed by atoms with van der Waals surface area (Å²) in [4.78, 5) is 0. The average molecular weight is 213 g/mol. The van der Waals surface area contributed by atoms with E-state index in [1.54, 1.807) is 0 Å². The van der Waals surface area contributed by atoms with Gasteiger partial charge in [0.1, 0.15) is 5.60 Å². The van der Waals surface area contributed by atoms with Crippen LogP contribution in [-0.2, 0) is 4.74 Å². The molecule has 0 amide bonds. The van der Waals surface area contributed by atoms with Crippen LogP contribution in [0.25, 0.3) is 0 Å². The Morgan fingerprint density at radius 2 is 1.67 bits per heavy atom. The highest BCUT2D eigenvalue weighted by Gasteiger charge is 2.52. The largest absolute Gasteiger partial charge is 0.385 e. The van der Waals surface area contributed by atoms with Crippen LogP contribution in [0.1, 0.15) is 46.0 Å². The number of rotatable bonds is 1. The van der Waals surface area contributed by atoms with Gasteiger partial charge in [0, 0.05) is 18.6 Å². The van der Waals surface area contributed by atoms with Crippen molar-refractivity contribution < 1.29 is 9.84 Å². The maximum Gasteiger partial charge on any atom is 0.108 e. The number of hydrogen-bond acceptors (Lipinski definition) is 3. The van der Waals surface area contributed by atoms with Crippen molar-refractivity contribution in [3.8, 4) is 0 Å². The van der Waals surface area contributed by atoms with E-state index >= 15 is 0 Å². The van der Waals surface area contributed by atoms with Gasteiger partial charge in [0.15, 0.2) is 0 Å². The van der Waals surface area contributed by atoms with Crippen molar-refractivity contribution >= 4 is 0 Å². The first kappa shape index (κ1) is 11.4. The van der Waals surface area contributed by atoms with Gasteiger partial charge in [-0.1, -0.05) is 13.8 Å². The fourth-order valence-corrected chi connectivity index (χ4v) is 2.79. The first-order valence-electron chi connectivity index (χ1n) is 5.96. The molecular formula is C12H23NO2. The van der Waals surface area contributed by atoms with E-state index in [4.69, 9.17) is 10.5 Å². The predicted octanol–water partition coefficient (Wildman–Crippen LogP) is 1.44. The molecule has 3 nitrogen and oxygen atoms in total. The monoisotopic (exact) mass is 213 g/mol. The van der Waals surface area contributed by atoms with Gasteiger partial charge >= 0.3 is 0 Å². The molecule has 15 heavy (non-hydrogen) atoms. The fourth-order valence-electron chi connectivity index (χ4n) is 2.79. The minimum absolute atomic E-state index is 0.388. The van der Waals surface area contributed by atoms with Crippen molar-refractivity contribution in [2.75, 3.05) is 13.2 Å². The second kappa shape index (κ2) is 3.44. The number of nitrogens with two attached hydrogens (primary N) is 1. The first-order valence-corrected chi connectivity index (χ1v) is 5.96. The molecule has 1 saturated heterocycles. The van der Waals surface area contributed by atoms with Crippen molar-refractivity contribution in [1.29, 1.82) is 0 Å². The lowest BCUT2D eigenvalue weighted by Crippen LogP contribution is -2.63. The van der Waals surface area contributed by atoms with E-state index < -0.39 is 11.1 Å². The van der Waals surface area contributed by atoms with Gasteiger partial charge in [-0.15, -0.1) is 0 Å². The molecule has 0 bridgehead atoms. The van der Waals surface area contributed by atoms with Crippen LogP contribution in [0.4, 0.5) is 0 Å². The highest BCUT2D eigenvalue weighted by atomic mass is 16.5. The minimum Gasteiger partial charge on any atom is -0.385 e. The molecule has 1 aliphatic carbocycles. The van der Waals surface area contributed by atoms with Crippen LogP contribution in [0.3, 0.4) is 0 Å². The summed E-state index contributed by atoms with van der Waals surface area (Å²) in [5.41, 5.74) is 5.59. The Labute approximate surface area is 92.0 Å². The van der Waals surface area contributed by atoms with Crippen LogP contribution in [0.2, 0.25) is 0 Å². The molecule has 2 aliphatic rings. The van der Waals surface area contributed by atoms with E-state index in [0.29, 0.717) is 25.0 Å². The van der Waals surface area contributed by atoms with E-state index in [1.807, 2.05) is 0 Å². The summed E-state index contributed by atoms with van der Waals surface area (Å²) in [7, 11) is 0. The third kappa shape index (κ3) is 1.93. The van der Waals surface area contributed by atoms with Crippen molar-refractivity contribution in [2.45, 2.75) is 57.1 Å². The van der Waals surface area contributed by atoms with Crippen LogP contribution in [-0.4, -0.2) is 29.5 Å². The predicted molar refractivity (Wildman–Crippen MR) is 59.6 cm³/mol. The summed E-state index contributed by atoms with van der Waals surface area (Å²) in [6.45, 7) is 5.63. The van der Waals surface area contributed by atoms with Crippen LogP contribution >= 0.6 is 0 Å². The van der Waals surface area contributed by atoms with Crippen molar-refractivity contribution in [1.82, 2.24) is 0 Å². The zero-order valence-electron chi connectivity index (χ0n) is 9.88. The maximum atomic E-state index is 10.5. The molecule has 1 unspecified atom stereocenters. The van der Waals surface area contributed by atoms with Gasteiger partial charge < -0.3 is 15.6 Å². The van der Waals surface area contributed by atoms with Crippen molar-refractivity contribution in [3.63, 3.8) is 0 Å². The topological polar surface area (TPSA) is 55.5 Å². The molecule has 2 fully saturated rings. The van der Waals surface area contributed by atoms with Crippen molar-refractivity contribution in [2.24, 2.45) is 11.1 Å². The summed E-state index contributed by atoms with van der Waals surface area (Å²) in [6.07, 6.45) is 4.74. The minimum atomic E-state index is -0.774. The lowest BCUT2D eigenvalue weighted by Gasteiger charge is -2.48. The SMILES string of the molecule is CC1(C)CCC(N)(C2(O)CCOC2)CC1. The molecule has 0 spiro atoms. The Morgan fingerprint density at radius 3 is 2.13 bits per heavy atom. The van der Waals surface area contributed by atoms with Gasteiger partial charge in [-0.25, -0.2) is 0 Å². The molecule has 1 saturated carbocycles. The Morgan fingerprint density at radius 1 is 1.07 bits per heavy atom. The maximum absolute atomic E-state index is 10.5. The molecule has 3 heteroatoms. The molecule has 0 aromatic carbocycles. The summed E-state index contributed by atoms with van der Waals surface area (Å²) < 4.78 is 5.30. The van der Waals surface area contributed by atoms with Crippen LogP contribution < -0.4 is 5.73 Å². The van der Waals surface area contributed by atoms with Gasteiger partial charge in [-0.3, -0.25) is 0 Å². The van der Waals surface area contributed by atoms with Gasteiger partial charge in [0.25, 0.3) is 0 Å². The number of aliphatic hydroxyl groups is 1. The second-order valence-corrected chi connectivity index (χ2v) is 6.15. The highest BCUT2D eigenvalue weighted by molar-refractivity contribution is 5.08. The lowest BCUT2D eigenvalue weighted by atomic mass is 9.63. The molecule has 2 rings (SSSR count). The molecule has 3 N–H and O–H groups in total. The first-order chi connectivity index (χ1) is 6.87. The summed E-state index contributed by atoms with van der Waals surface area (Å²) in [5, 5.41) is 10.5. The summed E-state index contributed by atoms with van der Waals surface area (Å²) in [5.74, 6) is 0. The van der Waals surface area contributed by atoms with Gasteiger partial charge in [0.2, 0.25) is 0 Å². The van der Waals surface area contributed by atoms with E-state index in [1.165, 1.54) is 0 Å². The van der Waals surface area contributed by atoms with Gasteiger partial charge in [-0.2, -0.15) is 0 Å². The fraction of sp³-hybridized carbons (Fsp3) is 1.00. The zero-order valence-corrected chi connectivity index (χ0v) is 9.88. The molecule has 1 atom stereocenters. The Bertz CT molecular complexity index is 234. The van der Waals surface area contributed by atoms with E-state index in [-0.39, 0.29) is 0 Å².